The van der Waals surface area contributed by atoms with Gasteiger partial charge in [-0.3, -0.25) is 4.40 Å². The molecule has 0 radical (unpaired) electrons. The van der Waals surface area contributed by atoms with Crippen LogP contribution < -0.4 is 4.74 Å². The van der Waals surface area contributed by atoms with E-state index in [1.54, 1.807) is 18.9 Å². The third-order valence-electron chi connectivity index (χ3n) is 5.69. The molecule has 0 amide bonds. The summed E-state index contributed by atoms with van der Waals surface area (Å²) in [5.74, 6) is 3.09. The first-order valence-corrected chi connectivity index (χ1v) is 12.2. The number of ether oxygens (including phenoxy) is 1. The fourth-order valence-electron chi connectivity index (χ4n) is 3.96. The summed E-state index contributed by atoms with van der Waals surface area (Å²) in [6, 6.07) is 20.5. The highest BCUT2D eigenvalue weighted by Crippen LogP contribution is 2.28. The van der Waals surface area contributed by atoms with Crippen LogP contribution in [-0.4, -0.2) is 36.2 Å². The van der Waals surface area contributed by atoms with E-state index >= 15 is 0 Å². The number of methoxy groups -OCH3 is 1. The van der Waals surface area contributed by atoms with E-state index in [-0.39, 0.29) is 0 Å². The maximum absolute atomic E-state index is 5.31. The molecule has 0 spiro atoms. The normalized spacial score (nSPS) is 11.3. The van der Waals surface area contributed by atoms with Crippen LogP contribution in [0, 0.1) is 13.8 Å². The molecule has 7 nitrogen and oxygen atoms in total. The zero-order valence-corrected chi connectivity index (χ0v) is 20.3. The summed E-state index contributed by atoms with van der Waals surface area (Å²) < 4.78 is 9.54. The molecule has 0 fully saturated rings. The Bertz CT molecular complexity index is 1410. The first kappa shape index (κ1) is 22.2. The van der Waals surface area contributed by atoms with Crippen molar-refractivity contribution in [3.8, 4) is 17.1 Å². The van der Waals surface area contributed by atoms with Crippen LogP contribution in [0.3, 0.4) is 0 Å². The van der Waals surface area contributed by atoms with Crippen LogP contribution in [0.25, 0.3) is 17.2 Å². The van der Waals surface area contributed by atoms with Gasteiger partial charge in [-0.05, 0) is 56.2 Å². The lowest BCUT2D eigenvalue weighted by atomic mass is 10.1. The number of rotatable bonds is 8. The molecule has 5 rings (SSSR count). The number of aromatic nitrogens is 6. The molecule has 8 heteroatoms. The molecule has 0 aliphatic heterocycles. The van der Waals surface area contributed by atoms with Crippen molar-refractivity contribution in [2.45, 2.75) is 37.7 Å². The first-order chi connectivity index (χ1) is 16.6. The molecular formula is C26H26N6OS. The fraction of sp³-hybridized carbons (Fsp3) is 0.231. The van der Waals surface area contributed by atoms with Gasteiger partial charge in [-0.1, -0.05) is 42.1 Å². The average Bonchev–Trinajstić information content (AvgIpc) is 3.46. The lowest BCUT2D eigenvalue weighted by molar-refractivity contribution is 0.415. The Morgan fingerprint density at radius 2 is 1.74 bits per heavy atom. The molecule has 0 saturated carbocycles. The zero-order chi connectivity index (χ0) is 23.5. The van der Waals surface area contributed by atoms with E-state index in [1.165, 1.54) is 5.56 Å². The van der Waals surface area contributed by atoms with E-state index < -0.39 is 0 Å². The van der Waals surface area contributed by atoms with Gasteiger partial charge >= 0.3 is 0 Å². The van der Waals surface area contributed by atoms with Gasteiger partial charge in [0.2, 0.25) is 5.78 Å². The first-order valence-electron chi connectivity index (χ1n) is 11.2. The van der Waals surface area contributed by atoms with E-state index in [2.05, 4.69) is 63.2 Å². The minimum atomic E-state index is 0.688. The SMILES string of the molecule is COc1ccc(-c2nnc(SCc3cn4c(C)cc(C)nc4n3)n2CCc2ccccc2)cc1. The van der Waals surface area contributed by atoms with Crippen molar-refractivity contribution in [1.82, 2.24) is 29.1 Å². The Morgan fingerprint density at radius 1 is 0.941 bits per heavy atom. The lowest BCUT2D eigenvalue weighted by Gasteiger charge is -2.10. The zero-order valence-electron chi connectivity index (χ0n) is 19.5. The van der Waals surface area contributed by atoms with E-state index in [4.69, 9.17) is 9.72 Å². The topological polar surface area (TPSA) is 70.1 Å². The molecule has 0 N–H and O–H groups in total. The molecule has 2 aromatic carbocycles. The number of imidazole rings is 1. The molecule has 0 bridgehead atoms. The highest BCUT2D eigenvalue weighted by molar-refractivity contribution is 7.98. The van der Waals surface area contributed by atoms with Gasteiger partial charge in [-0.2, -0.15) is 0 Å². The second-order valence-electron chi connectivity index (χ2n) is 8.15. The summed E-state index contributed by atoms with van der Waals surface area (Å²) >= 11 is 1.64. The largest absolute Gasteiger partial charge is 0.497 e. The van der Waals surface area contributed by atoms with Crippen molar-refractivity contribution >= 4 is 17.5 Å². The fourth-order valence-corrected chi connectivity index (χ4v) is 4.81. The van der Waals surface area contributed by atoms with Gasteiger partial charge in [0.15, 0.2) is 11.0 Å². The van der Waals surface area contributed by atoms with Crippen molar-refractivity contribution in [3.63, 3.8) is 0 Å². The number of thioether (sulfide) groups is 1. The van der Waals surface area contributed by atoms with Crippen molar-refractivity contribution in [1.29, 1.82) is 0 Å². The molecule has 3 aromatic heterocycles. The van der Waals surface area contributed by atoms with Crippen LogP contribution in [0.5, 0.6) is 5.75 Å². The summed E-state index contributed by atoms with van der Waals surface area (Å²) in [7, 11) is 1.67. The lowest BCUT2D eigenvalue weighted by Crippen LogP contribution is -2.05. The average molecular weight is 471 g/mol. The molecule has 5 aromatic rings. The molecule has 0 unspecified atom stereocenters. The number of hydrogen-bond donors (Lipinski definition) is 0. The second-order valence-corrected chi connectivity index (χ2v) is 9.09. The van der Waals surface area contributed by atoms with Gasteiger partial charge in [0.1, 0.15) is 5.75 Å². The second kappa shape index (κ2) is 9.69. The molecule has 0 saturated heterocycles. The molecule has 0 aliphatic rings. The Hall–Kier alpha value is -3.65. The maximum Gasteiger partial charge on any atom is 0.234 e. The standard InChI is InChI=1S/C26H26N6OS/c1-18-15-19(2)32-16-22(28-25(32)27-18)17-34-26-30-29-24(21-9-11-23(33-3)12-10-21)31(26)14-13-20-7-5-4-6-8-20/h4-12,15-16H,13-14,17H2,1-3H3. The van der Waals surface area contributed by atoms with E-state index in [1.807, 2.05) is 41.7 Å². The van der Waals surface area contributed by atoms with Crippen LogP contribution in [0.4, 0.5) is 0 Å². The summed E-state index contributed by atoms with van der Waals surface area (Å²) in [6.07, 6.45) is 2.95. The number of hydrogen-bond acceptors (Lipinski definition) is 6. The van der Waals surface area contributed by atoms with Gasteiger partial charge < -0.3 is 9.30 Å². The van der Waals surface area contributed by atoms with Crippen LogP contribution in [0.15, 0.2) is 72.0 Å². The Labute approximate surface area is 202 Å². The Morgan fingerprint density at radius 3 is 2.50 bits per heavy atom. The predicted octanol–water partition coefficient (Wildman–Crippen LogP) is 5.15. The molecule has 3 heterocycles. The van der Waals surface area contributed by atoms with Crippen molar-refractivity contribution < 1.29 is 4.74 Å². The van der Waals surface area contributed by atoms with Gasteiger partial charge in [0.25, 0.3) is 0 Å². The maximum atomic E-state index is 5.31. The Kier molecular flexibility index (Phi) is 6.31. The smallest absolute Gasteiger partial charge is 0.234 e. The number of benzene rings is 2. The van der Waals surface area contributed by atoms with Crippen molar-refractivity contribution in [2.75, 3.05) is 7.11 Å². The number of aryl methyl sites for hydroxylation is 3. The molecular weight excluding hydrogens is 444 g/mol. The highest BCUT2D eigenvalue weighted by atomic mass is 32.2. The van der Waals surface area contributed by atoms with E-state index in [9.17, 15) is 0 Å². The van der Waals surface area contributed by atoms with Crippen molar-refractivity contribution in [2.24, 2.45) is 0 Å². The van der Waals surface area contributed by atoms with Gasteiger partial charge in [-0.25, -0.2) is 9.97 Å². The minimum Gasteiger partial charge on any atom is -0.497 e. The molecule has 0 aliphatic carbocycles. The van der Waals surface area contributed by atoms with Gasteiger partial charge in [0.05, 0.1) is 12.8 Å². The summed E-state index contributed by atoms with van der Waals surface area (Å²) in [5, 5.41) is 9.97. The minimum absolute atomic E-state index is 0.688. The number of nitrogens with zero attached hydrogens (tertiary/aromatic N) is 6. The summed E-state index contributed by atoms with van der Waals surface area (Å²) in [4.78, 5) is 9.27. The predicted molar refractivity (Wildman–Crippen MR) is 134 cm³/mol. The summed E-state index contributed by atoms with van der Waals surface area (Å²) in [5.41, 5.74) is 5.36. The monoisotopic (exact) mass is 470 g/mol. The third-order valence-corrected chi connectivity index (χ3v) is 6.69. The van der Waals surface area contributed by atoms with Gasteiger partial charge in [0, 0.05) is 35.4 Å². The quantitative estimate of drug-likeness (QED) is 0.292. The van der Waals surface area contributed by atoms with Crippen LogP contribution in [0.1, 0.15) is 22.6 Å². The molecule has 172 valence electrons. The van der Waals surface area contributed by atoms with Crippen LogP contribution in [0.2, 0.25) is 0 Å². The summed E-state index contributed by atoms with van der Waals surface area (Å²) in [6.45, 7) is 4.85. The third kappa shape index (κ3) is 4.68. The van der Waals surface area contributed by atoms with E-state index in [0.29, 0.717) is 5.75 Å². The van der Waals surface area contributed by atoms with Crippen LogP contribution in [-0.2, 0) is 18.7 Å². The van der Waals surface area contributed by atoms with Crippen LogP contribution >= 0.6 is 11.8 Å². The van der Waals surface area contributed by atoms with Crippen molar-refractivity contribution in [3.05, 3.63) is 89.5 Å². The number of fused-ring (bicyclic) bond motifs is 1. The molecule has 34 heavy (non-hydrogen) atoms. The van der Waals surface area contributed by atoms with E-state index in [0.717, 1.165) is 58.1 Å². The highest BCUT2D eigenvalue weighted by Gasteiger charge is 2.16. The van der Waals surface area contributed by atoms with Gasteiger partial charge in [-0.15, -0.1) is 10.2 Å². The molecule has 0 atom stereocenters. The Balaban J connectivity index is 1.42.